The van der Waals surface area contributed by atoms with Gasteiger partial charge >= 0.3 is 0 Å². The summed E-state index contributed by atoms with van der Waals surface area (Å²) in [7, 11) is 0.662. The summed E-state index contributed by atoms with van der Waals surface area (Å²) in [5.41, 5.74) is -0.796. The van der Waals surface area contributed by atoms with Gasteiger partial charge < -0.3 is 0 Å². The molecule has 15 heavy (non-hydrogen) atoms. The van der Waals surface area contributed by atoms with Gasteiger partial charge in [-0.1, -0.05) is 11.6 Å². The lowest BCUT2D eigenvalue weighted by molar-refractivity contribution is 0.147. The van der Waals surface area contributed by atoms with Crippen LogP contribution in [0.25, 0.3) is 0 Å². The van der Waals surface area contributed by atoms with Crippen molar-refractivity contribution in [2.75, 3.05) is 0 Å². The zero-order valence-electron chi connectivity index (χ0n) is 6.72. The molecule has 0 aliphatic carbocycles. The maximum absolute atomic E-state index is 12.4. The summed E-state index contributed by atoms with van der Waals surface area (Å²) in [6.45, 7) is 0. The molecule has 0 spiro atoms. The molecule has 0 unspecified atom stereocenters. The van der Waals surface area contributed by atoms with Crippen molar-refractivity contribution in [2.45, 2.75) is 11.5 Å². The fraction of sp³-hybridized carbons (Fsp3) is 0.167. The van der Waals surface area contributed by atoms with E-state index in [1.165, 1.54) is 0 Å². The molecule has 0 amide bonds. The fourth-order valence-electron chi connectivity index (χ4n) is 0.817. The molecular weight excluding hydrogens is 386 g/mol. The van der Waals surface area contributed by atoms with Crippen LogP contribution in [-0.2, 0) is 9.05 Å². The summed E-state index contributed by atoms with van der Waals surface area (Å²) < 4.78 is 46.9. The Kier molecular flexibility index (Phi) is 4.13. The van der Waals surface area contributed by atoms with Gasteiger partial charge in [0, 0.05) is 10.7 Å². The highest BCUT2D eigenvalue weighted by Gasteiger charge is 2.25. The maximum atomic E-state index is 12.4. The van der Waals surface area contributed by atoms with Crippen LogP contribution in [0.1, 0.15) is 12.0 Å². The zero-order chi connectivity index (χ0) is 11.8. The van der Waals surface area contributed by atoms with Gasteiger partial charge in [-0.05, 0) is 28.7 Å². The van der Waals surface area contributed by atoms with Gasteiger partial charge in [0.2, 0.25) is 0 Å². The Morgan fingerprint density at radius 3 is 2.40 bits per heavy atom. The predicted octanol–water partition coefficient (Wildman–Crippen LogP) is 3.20. The minimum Gasteiger partial charge on any atom is -0.227 e. The molecule has 0 radical (unpaired) electrons. The number of pyridine rings is 1. The summed E-state index contributed by atoms with van der Waals surface area (Å²) in [5.74, 6) is 0. The summed E-state index contributed by atoms with van der Waals surface area (Å²) in [6, 6.07) is 0.844. The van der Waals surface area contributed by atoms with E-state index in [9.17, 15) is 17.2 Å². The molecule has 0 aliphatic heterocycles. The second kappa shape index (κ2) is 4.64. The standard InChI is InChI=1S/C6H2Cl2F2INO2S/c7-3-1-2(4(9)10)6(12-5(3)11)15(8,13)14/h1,4H. The summed E-state index contributed by atoms with van der Waals surface area (Å²) >= 11 is 7.16. The molecule has 9 heteroatoms. The molecule has 0 aromatic carbocycles. The second-order valence-corrected chi connectivity index (χ2v) is 6.30. The highest BCUT2D eigenvalue weighted by atomic mass is 127. The number of rotatable bonds is 2. The van der Waals surface area contributed by atoms with E-state index >= 15 is 0 Å². The van der Waals surface area contributed by atoms with Crippen molar-refractivity contribution in [3.8, 4) is 0 Å². The van der Waals surface area contributed by atoms with Crippen molar-refractivity contribution >= 4 is 53.9 Å². The van der Waals surface area contributed by atoms with E-state index in [-0.39, 0.29) is 8.72 Å². The zero-order valence-corrected chi connectivity index (χ0v) is 11.2. The minimum absolute atomic E-state index is 0.0463. The van der Waals surface area contributed by atoms with Gasteiger partial charge in [0.15, 0.2) is 5.03 Å². The molecule has 3 nitrogen and oxygen atoms in total. The van der Waals surface area contributed by atoms with E-state index in [0.29, 0.717) is 0 Å². The van der Waals surface area contributed by atoms with Crippen LogP contribution in [0.4, 0.5) is 8.78 Å². The van der Waals surface area contributed by atoms with E-state index in [4.69, 9.17) is 22.3 Å². The van der Waals surface area contributed by atoms with Gasteiger partial charge in [-0.15, -0.1) is 0 Å². The van der Waals surface area contributed by atoms with Gasteiger partial charge in [0.05, 0.1) is 10.6 Å². The molecule has 0 fully saturated rings. The minimum atomic E-state index is -4.30. The predicted molar refractivity (Wildman–Crippen MR) is 60.0 cm³/mol. The Hall–Kier alpha value is 0.270. The van der Waals surface area contributed by atoms with Gasteiger partial charge in [0.25, 0.3) is 15.5 Å². The highest BCUT2D eigenvalue weighted by molar-refractivity contribution is 14.1. The Bertz CT molecular complexity index is 494. The Morgan fingerprint density at radius 1 is 1.47 bits per heavy atom. The third-order valence-electron chi connectivity index (χ3n) is 1.39. The monoisotopic (exact) mass is 387 g/mol. The number of aromatic nitrogens is 1. The molecule has 1 rings (SSSR count). The average molecular weight is 388 g/mol. The van der Waals surface area contributed by atoms with E-state index in [1.807, 2.05) is 0 Å². The van der Waals surface area contributed by atoms with Crippen LogP contribution < -0.4 is 0 Å². The number of hydrogen-bond acceptors (Lipinski definition) is 3. The van der Waals surface area contributed by atoms with Crippen molar-refractivity contribution < 1.29 is 17.2 Å². The summed E-state index contributed by atoms with van der Waals surface area (Å²) in [6.07, 6.45) is -3.00. The van der Waals surface area contributed by atoms with Crippen LogP contribution in [0.5, 0.6) is 0 Å². The van der Waals surface area contributed by atoms with Crippen molar-refractivity contribution in [3.05, 3.63) is 20.4 Å². The Morgan fingerprint density at radius 2 is 2.00 bits per heavy atom. The van der Waals surface area contributed by atoms with Crippen molar-refractivity contribution in [3.63, 3.8) is 0 Å². The number of alkyl halides is 2. The van der Waals surface area contributed by atoms with Crippen LogP contribution in [0.3, 0.4) is 0 Å². The molecule has 0 atom stereocenters. The molecule has 0 saturated carbocycles. The average Bonchev–Trinajstić information content (AvgIpc) is 2.06. The largest absolute Gasteiger partial charge is 0.279 e. The van der Waals surface area contributed by atoms with Gasteiger partial charge in [-0.3, -0.25) is 0 Å². The van der Waals surface area contributed by atoms with Crippen LogP contribution in [-0.4, -0.2) is 13.4 Å². The molecule has 1 aromatic heterocycles. The van der Waals surface area contributed by atoms with Crippen molar-refractivity contribution in [2.24, 2.45) is 0 Å². The van der Waals surface area contributed by atoms with Crippen LogP contribution in [0.2, 0.25) is 5.02 Å². The lowest BCUT2D eigenvalue weighted by Gasteiger charge is -2.06. The second-order valence-electron chi connectivity index (χ2n) is 2.39. The summed E-state index contributed by atoms with van der Waals surface area (Å²) in [4.78, 5) is 3.42. The molecule has 1 aromatic rings. The van der Waals surface area contributed by atoms with Crippen molar-refractivity contribution in [1.82, 2.24) is 4.98 Å². The third-order valence-corrected chi connectivity index (χ3v) is 4.05. The van der Waals surface area contributed by atoms with Crippen molar-refractivity contribution in [1.29, 1.82) is 0 Å². The van der Waals surface area contributed by atoms with Gasteiger partial charge in [-0.25, -0.2) is 22.2 Å². The molecule has 1 heterocycles. The summed E-state index contributed by atoms with van der Waals surface area (Å²) in [5, 5.41) is -0.900. The Balaban J connectivity index is 3.56. The molecule has 0 bridgehead atoms. The normalized spacial score (nSPS) is 12.1. The SMILES string of the molecule is O=S(=O)(Cl)c1nc(I)c(Cl)cc1C(F)F. The first-order chi connectivity index (χ1) is 6.73. The molecule has 0 N–H and O–H groups in total. The maximum Gasteiger partial charge on any atom is 0.279 e. The van der Waals surface area contributed by atoms with Gasteiger partial charge in [0.1, 0.15) is 3.70 Å². The number of halogens is 5. The van der Waals surface area contributed by atoms with E-state index in [0.717, 1.165) is 6.07 Å². The molecule has 0 aliphatic rings. The lowest BCUT2D eigenvalue weighted by atomic mass is 10.3. The molecule has 0 saturated heterocycles. The van der Waals surface area contributed by atoms with E-state index in [1.54, 1.807) is 22.6 Å². The number of hydrogen-bond donors (Lipinski definition) is 0. The number of nitrogens with zero attached hydrogens (tertiary/aromatic N) is 1. The Labute approximate surface area is 107 Å². The molecule has 84 valence electrons. The highest BCUT2D eigenvalue weighted by Crippen LogP contribution is 2.31. The molecular formula is C6H2Cl2F2INO2S. The fourth-order valence-corrected chi connectivity index (χ4v) is 2.54. The topological polar surface area (TPSA) is 47.0 Å². The van der Waals surface area contributed by atoms with Gasteiger partial charge in [-0.2, -0.15) is 0 Å². The van der Waals surface area contributed by atoms with E-state index in [2.05, 4.69) is 4.98 Å². The smallest absolute Gasteiger partial charge is 0.227 e. The lowest BCUT2D eigenvalue weighted by Crippen LogP contribution is -2.04. The quantitative estimate of drug-likeness (QED) is 0.444. The van der Waals surface area contributed by atoms with Crippen LogP contribution >= 0.6 is 44.9 Å². The third kappa shape index (κ3) is 3.11. The first-order valence-corrected chi connectivity index (χ1v) is 7.09. The van der Waals surface area contributed by atoms with E-state index < -0.39 is 26.1 Å². The first kappa shape index (κ1) is 13.3. The first-order valence-electron chi connectivity index (χ1n) is 3.32. The van der Waals surface area contributed by atoms with Crippen LogP contribution in [0, 0.1) is 3.70 Å². The van der Waals surface area contributed by atoms with Crippen LogP contribution in [0.15, 0.2) is 11.1 Å².